The number of aromatic amines is 1. The summed E-state index contributed by atoms with van der Waals surface area (Å²) in [6.07, 6.45) is 0. The van der Waals surface area contributed by atoms with Crippen LogP contribution in [0.15, 0.2) is 18.2 Å². The van der Waals surface area contributed by atoms with Crippen molar-refractivity contribution in [3.05, 3.63) is 40.2 Å². The molecule has 160 valence electrons. The summed E-state index contributed by atoms with van der Waals surface area (Å²) >= 11 is 1.55. The first-order valence-electron chi connectivity index (χ1n) is 10.1. The topological polar surface area (TPSA) is 106 Å². The first-order chi connectivity index (χ1) is 14.9. The smallest absolute Gasteiger partial charge is 0.306 e. The Morgan fingerprint density at radius 1 is 1.16 bits per heavy atom. The van der Waals surface area contributed by atoms with Gasteiger partial charge in [-0.3, -0.25) is 15.3 Å². The van der Waals surface area contributed by atoms with E-state index in [1.165, 1.54) is 0 Å². The van der Waals surface area contributed by atoms with Crippen molar-refractivity contribution in [1.29, 1.82) is 0 Å². The molecule has 3 heterocycles. The normalized spacial score (nSPS) is 16.3. The molecule has 1 saturated heterocycles. The zero-order valence-electron chi connectivity index (χ0n) is 17.6. The summed E-state index contributed by atoms with van der Waals surface area (Å²) in [5.41, 5.74) is 7.48. The van der Waals surface area contributed by atoms with Crippen LogP contribution in [0.2, 0.25) is 0 Å². The van der Waals surface area contributed by atoms with Gasteiger partial charge in [0.15, 0.2) is 0 Å². The highest BCUT2D eigenvalue weighted by atomic mass is 32.1. The van der Waals surface area contributed by atoms with Crippen molar-refractivity contribution in [3.8, 4) is 21.7 Å². The van der Waals surface area contributed by atoms with Crippen LogP contribution in [0.3, 0.4) is 0 Å². The lowest BCUT2D eigenvalue weighted by molar-refractivity contribution is 0.103. The van der Waals surface area contributed by atoms with Crippen LogP contribution in [-0.2, 0) is 0 Å². The van der Waals surface area contributed by atoms with Crippen molar-refractivity contribution in [2.45, 2.75) is 13.8 Å². The molecule has 1 aromatic carbocycles. The molecular formula is C21H23N7O2S. The molecule has 0 unspecified atom stereocenters. The van der Waals surface area contributed by atoms with Gasteiger partial charge in [0.25, 0.3) is 0 Å². The predicted octanol–water partition coefficient (Wildman–Crippen LogP) is 2.65. The molecule has 2 amide bonds. The fourth-order valence-electron chi connectivity index (χ4n) is 4.13. The van der Waals surface area contributed by atoms with Crippen LogP contribution < -0.4 is 10.7 Å². The molecule has 0 radical (unpaired) electrons. The second kappa shape index (κ2) is 7.56. The number of anilines is 1. The van der Waals surface area contributed by atoms with Gasteiger partial charge in [0.1, 0.15) is 5.69 Å². The molecule has 0 spiro atoms. The van der Waals surface area contributed by atoms with E-state index in [1.807, 2.05) is 24.9 Å². The van der Waals surface area contributed by atoms with Crippen LogP contribution in [0, 0.1) is 13.8 Å². The third-order valence-electron chi connectivity index (χ3n) is 5.68. The second-order valence-corrected chi connectivity index (χ2v) is 9.09. The van der Waals surface area contributed by atoms with Gasteiger partial charge in [-0.25, -0.2) is 14.8 Å². The lowest BCUT2D eigenvalue weighted by atomic mass is 10.0. The van der Waals surface area contributed by atoms with Gasteiger partial charge in [-0.1, -0.05) is 12.1 Å². The van der Waals surface area contributed by atoms with Crippen LogP contribution >= 0.6 is 11.3 Å². The van der Waals surface area contributed by atoms with E-state index in [-0.39, 0.29) is 11.8 Å². The number of thiazole rings is 1. The molecule has 1 fully saturated rings. The molecule has 2 aliphatic rings. The standard InChI is InChI=1S/C21H23N7O2S/c1-11-20(31-12(2)22-11)18-16-15-13(19(29)17(16)24-25-18)5-4-6-14(15)23-21(30)26-28-9-7-27(3)8-10-28/h4-6H,7-10H2,1-3H3,(H,24,25)(H2,23,26,30). The first-order valence-corrected chi connectivity index (χ1v) is 11.0. The highest BCUT2D eigenvalue weighted by molar-refractivity contribution is 7.15. The van der Waals surface area contributed by atoms with E-state index in [2.05, 4.69) is 37.9 Å². The fraction of sp³-hybridized carbons (Fsp3) is 0.333. The van der Waals surface area contributed by atoms with Crippen molar-refractivity contribution in [2.75, 3.05) is 38.5 Å². The fourth-order valence-corrected chi connectivity index (χ4v) is 5.05. The summed E-state index contributed by atoms with van der Waals surface area (Å²) in [6.45, 7) is 7.20. The number of nitrogens with zero attached hydrogens (tertiary/aromatic N) is 4. The second-order valence-electron chi connectivity index (χ2n) is 7.88. The van der Waals surface area contributed by atoms with E-state index in [1.54, 1.807) is 23.5 Å². The number of aryl methyl sites for hydroxylation is 2. The van der Waals surface area contributed by atoms with Crippen molar-refractivity contribution in [2.24, 2.45) is 0 Å². The number of amides is 2. The predicted molar refractivity (Wildman–Crippen MR) is 119 cm³/mol. The zero-order chi connectivity index (χ0) is 21.7. The molecule has 2 aromatic heterocycles. The molecule has 10 heteroatoms. The van der Waals surface area contributed by atoms with Gasteiger partial charge < -0.3 is 10.2 Å². The number of ketones is 1. The molecule has 0 atom stereocenters. The summed E-state index contributed by atoms with van der Waals surface area (Å²) in [7, 11) is 2.06. The minimum atomic E-state index is -0.325. The molecule has 3 aromatic rings. The highest BCUT2D eigenvalue weighted by Crippen LogP contribution is 2.46. The Balaban J connectivity index is 1.48. The number of carbonyl (C=O) groups excluding carboxylic acids is 2. The Morgan fingerprint density at radius 2 is 1.94 bits per heavy atom. The zero-order valence-corrected chi connectivity index (χ0v) is 18.4. The van der Waals surface area contributed by atoms with Crippen molar-refractivity contribution < 1.29 is 9.59 Å². The third-order valence-corrected chi connectivity index (χ3v) is 6.77. The Hall–Kier alpha value is -3.08. The maximum absolute atomic E-state index is 13.0. The third kappa shape index (κ3) is 3.42. The van der Waals surface area contributed by atoms with Gasteiger partial charge in [-0.15, -0.1) is 11.3 Å². The van der Waals surface area contributed by atoms with Gasteiger partial charge in [-0.2, -0.15) is 5.10 Å². The Labute approximate surface area is 183 Å². The van der Waals surface area contributed by atoms with E-state index in [9.17, 15) is 9.59 Å². The van der Waals surface area contributed by atoms with Crippen LogP contribution in [0.25, 0.3) is 21.7 Å². The van der Waals surface area contributed by atoms with E-state index in [4.69, 9.17) is 0 Å². The number of hydrogen-bond acceptors (Lipinski definition) is 7. The van der Waals surface area contributed by atoms with Crippen molar-refractivity contribution in [3.63, 3.8) is 0 Å². The number of nitrogens with one attached hydrogen (secondary N) is 3. The van der Waals surface area contributed by atoms with Crippen LogP contribution in [0.5, 0.6) is 0 Å². The number of likely N-dealkylation sites (N-methyl/N-ethyl adjacent to an activating group) is 1. The molecule has 9 nitrogen and oxygen atoms in total. The monoisotopic (exact) mass is 437 g/mol. The minimum Gasteiger partial charge on any atom is -0.306 e. The largest absolute Gasteiger partial charge is 0.333 e. The average Bonchev–Trinajstić information content (AvgIpc) is 3.38. The van der Waals surface area contributed by atoms with Gasteiger partial charge >= 0.3 is 6.03 Å². The lowest BCUT2D eigenvalue weighted by Gasteiger charge is -2.32. The quantitative estimate of drug-likeness (QED) is 0.455. The van der Waals surface area contributed by atoms with E-state index >= 15 is 0 Å². The van der Waals surface area contributed by atoms with Gasteiger partial charge in [-0.05, 0) is 27.0 Å². The molecule has 3 N–H and O–H groups in total. The lowest BCUT2D eigenvalue weighted by Crippen LogP contribution is -2.53. The SMILES string of the molecule is Cc1nc(C)c(-c2[nH]nc3c2-c2c(NC(=O)NN4CCN(C)CC4)cccc2C3=O)s1. The van der Waals surface area contributed by atoms with E-state index < -0.39 is 0 Å². The molecule has 31 heavy (non-hydrogen) atoms. The number of piperazine rings is 1. The number of urea groups is 1. The van der Waals surface area contributed by atoms with Crippen LogP contribution in [-0.4, -0.2) is 70.1 Å². The summed E-state index contributed by atoms with van der Waals surface area (Å²) < 4.78 is 0. The molecule has 0 saturated carbocycles. The summed E-state index contributed by atoms with van der Waals surface area (Å²) in [5, 5.41) is 13.1. The number of H-pyrrole nitrogens is 1. The van der Waals surface area contributed by atoms with Crippen molar-refractivity contribution in [1.82, 2.24) is 30.5 Å². The Kier molecular flexibility index (Phi) is 4.84. The number of carbonyl (C=O) groups is 2. The molecule has 5 rings (SSSR count). The number of aromatic nitrogens is 3. The van der Waals surface area contributed by atoms with Crippen molar-refractivity contribution >= 4 is 28.8 Å². The maximum Gasteiger partial charge on any atom is 0.333 e. The maximum atomic E-state index is 13.0. The van der Waals surface area contributed by atoms with E-state index in [0.717, 1.165) is 53.0 Å². The summed E-state index contributed by atoms with van der Waals surface area (Å²) in [4.78, 5) is 33.4. The highest BCUT2D eigenvalue weighted by Gasteiger charge is 2.35. The molecular weight excluding hydrogens is 414 g/mol. The summed E-state index contributed by atoms with van der Waals surface area (Å²) in [6, 6.07) is 5.04. The summed E-state index contributed by atoms with van der Waals surface area (Å²) in [5.74, 6) is -0.144. The first kappa shape index (κ1) is 19.9. The van der Waals surface area contributed by atoms with Gasteiger partial charge in [0.05, 0.1) is 27.0 Å². The van der Waals surface area contributed by atoms with Crippen LogP contribution in [0.4, 0.5) is 10.5 Å². The van der Waals surface area contributed by atoms with Gasteiger partial charge in [0.2, 0.25) is 5.78 Å². The Morgan fingerprint density at radius 3 is 2.65 bits per heavy atom. The Bertz CT molecular complexity index is 1190. The van der Waals surface area contributed by atoms with Gasteiger partial charge in [0, 0.05) is 42.9 Å². The minimum absolute atomic E-state index is 0.144. The number of hydrazine groups is 1. The molecule has 1 aliphatic carbocycles. The number of hydrogen-bond donors (Lipinski definition) is 3. The molecule has 1 aliphatic heterocycles. The van der Waals surface area contributed by atoms with E-state index in [0.29, 0.717) is 22.5 Å². The number of rotatable bonds is 3. The number of benzene rings is 1. The van der Waals surface area contributed by atoms with Crippen LogP contribution in [0.1, 0.15) is 26.8 Å². The number of fused-ring (bicyclic) bond motifs is 3. The average molecular weight is 438 g/mol. The molecule has 0 bridgehead atoms.